The van der Waals surface area contributed by atoms with Gasteiger partial charge >= 0.3 is 0 Å². The number of nitrogens with zero attached hydrogens (tertiary/aromatic N) is 1. The Morgan fingerprint density at radius 3 is 2.94 bits per heavy atom. The van der Waals surface area contributed by atoms with Crippen LogP contribution in [0.5, 0.6) is 0 Å². The molecule has 0 aliphatic heterocycles. The number of aromatic amines is 1. The van der Waals surface area contributed by atoms with Gasteiger partial charge in [0.15, 0.2) is 5.16 Å². The number of hydrogen-bond acceptors (Lipinski definition) is 3. The smallest absolute Gasteiger partial charge is 0.251 e. The van der Waals surface area contributed by atoms with Crippen molar-refractivity contribution < 1.29 is 0 Å². The van der Waals surface area contributed by atoms with Crippen LogP contribution >= 0.6 is 11.8 Å². The zero-order valence-corrected chi connectivity index (χ0v) is 10.5. The minimum Gasteiger partial charge on any atom is -0.301 e. The number of nitrogens with one attached hydrogen (secondary N) is 1. The van der Waals surface area contributed by atoms with Crippen LogP contribution in [0.3, 0.4) is 0 Å². The zero-order chi connectivity index (χ0) is 11.4. The molecule has 0 bridgehead atoms. The van der Waals surface area contributed by atoms with Gasteiger partial charge in [0.2, 0.25) is 0 Å². The number of rotatable bonds is 4. The number of H-pyrrole nitrogens is 1. The fraction of sp³-hybridized carbons (Fsp3) is 0.667. The van der Waals surface area contributed by atoms with Gasteiger partial charge in [-0.3, -0.25) is 4.79 Å². The molecule has 0 unspecified atom stereocenters. The van der Waals surface area contributed by atoms with Crippen LogP contribution in [0.1, 0.15) is 37.8 Å². The minimum absolute atomic E-state index is 0.0271. The van der Waals surface area contributed by atoms with E-state index >= 15 is 0 Å². The molecule has 3 nitrogen and oxygen atoms in total. The third kappa shape index (κ3) is 3.11. The molecular formula is C12H18N2OS. The Kier molecular flexibility index (Phi) is 4.04. The van der Waals surface area contributed by atoms with Crippen LogP contribution in [0.4, 0.5) is 0 Å². The van der Waals surface area contributed by atoms with Gasteiger partial charge in [-0.1, -0.05) is 37.4 Å². The second-order valence-electron chi connectivity index (χ2n) is 4.44. The van der Waals surface area contributed by atoms with Gasteiger partial charge in [-0.2, -0.15) is 0 Å². The van der Waals surface area contributed by atoms with Crippen molar-refractivity contribution in [3.8, 4) is 0 Å². The fourth-order valence-corrected chi connectivity index (χ4v) is 2.77. The summed E-state index contributed by atoms with van der Waals surface area (Å²) in [4.78, 5) is 18.5. The van der Waals surface area contributed by atoms with Crippen molar-refractivity contribution in [2.75, 3.05) is 6.26 Å². The highest BCUT2D eigenvalue weighted by Gasteiger charge is 2.15. The first-order valence-corrected chi connectivity index (χ1v) is 7.14. The highest BCUT2D eigenvalue weighted by atomic mass is 32.2. The molecule has 0 saturated heterocycles. The van der Waals surface area contributed by atoms with Crippen LogP contribution in [0.2, 0.25) is 0 Å². The van der Waals surface area contributed by atoms with Gasteiger partial charge < -0.3 is 4.98 Å². The van der Waals surface area contributed by atoms with E-state index in [4.69, 9.17) is 0 Å². The molecular weight excluding hydrogens is 220 g/mol. The molecule has 4 heteroatoms. The normalized spacial score (nSPS) is 16.8. The summed E-state index contributed by atoms with van der Waals surface area (Å²) in [7, 11) is 0. The first-order valence-electron chi connectivity index (χ1n) is 5.92. The van der Waals surface area contributed by atoms with Crippen molar-refractivity contribution in [2.45, 2.75) is 43.7 Å². The molecule has 1 heterocycles. The second kappa shape index (κ2) is 5.53. The Labute approximate surface area is 100 Å². The molecule has 1 aliphatic carbocycles. The first kappa shape index (κ1) is 11.7. The topological polar surface area (TPSA) is 45.8 Å². The number of hydrogen-bond donors (Lipinski definition) is 1. The third-order valence-electron chi connectivity index (χ3n) is 3.25. The lowest BCUT2D eigenvalue weighted by Crippen LogP contribution is -2.10. The van der Waals surface area contributed by atoms with Crippen molar-refractivity contribution in [1.29, 1.82) is 0 Å². The molecule has 1 aromatic heterocycles. The van der Waals surface area contributed by atoms with Crippen LogP contribution in [-0.2, 0) is 6.42 Å². The zero-order valence-electron chi connectivity index (χ0n) is 9.66. The predicted octanol–water partition coefficient (Wildman–Crippen LogP) is 2.61. The molecule has 0 radical (unpaired) electrons. The average molecular weight is 238 g/mol. The third-order valence-corrected chi connectivity index (χ3v) is 3.83. The highest BCUT2D eigenvalue weighted by Crippen LogP contribution is 2.28. The molecule has 1 aliphatic rings. The summed E-state index contributed by atoms with van der Waals surface area (Å²) in [5.74, 6) is 0.860. The summed E-state index contributed by atoms with van der Waals surface area (Å²) in [6.45, 7) is 0. The van der Waals surface area contributed by atoms with Gasteiger partial charge in [0.05, 0.1) is 0 Å². The van der Waals surface area contributed by atoms with Crippen molar-refractivity contribution in [2.24, 2.45) is 5.92 Å². The summed E-state index contributed by atoms with van der Waals surface area (Å²) in [6.07, 6.45) is 9.54. The summed E-state index contributed by atoms with van der Waals surface area (Å²) in [5.41, 5.74) is 0.917. The van der Waals surface area contributed by atoms with Crippen LogP contribution < -0.4 is 5.56 Å². The molecule has 0 amide bonds. The van der Waals surface area contributed by atoms with E-state index in [1.165, 1.54) is 43.9 Å². The van der Waals surface area contributed by atoms with Gasteiger partial charge in [0.25, 0.3) is 5.56 Å². The number of thioether (sulfide) groups is 1. The standard InChI is InChI=1S/C12H18N2OS/c1-16-12-13-10(8-11(15)14-12)7-6-9-4-2-3-5-9/h8-9H,2-7H2,1H3,(H,13,14,15). The Bertz CT molecular complexity index is 396. The summed E-state index contributed by atoms with van der Waals surface area (Å²) in [5, 5.41) is 0.730. The van der Waals surface area contributed by atoms with E-state index in [1.807, 2.05) is 6.26 Å². The lowest BCUT2D eigenvalue weighted by Gasteiger charge is -2.08. The van der Waals surface area contributed by atoms with Gasteiger partial charge in [0.1, 0.15) is 0 Å². The van der Waals surface area contributed by atoms with Gasteiger partial charge in [-0.05, 0) is 25.0 Å². The molecule has 1 saturated carbocycles. The molecule has 1 aromatic rings. The van der Waals surface area contributed by atoms with E-state index in [1.54, 1.807) is 6.07 Å². The number of aryl methyl sites for hydroxylation is 1. The predicted molar refractivity (Wildman–Crippen MR) is 66.9 cm³/mol. The van der Waals surface area contributed by atoms with Crippen LogP contribution in [0, 0.1) is 5.92 Å². The van der Waals surface area contributed by atoms with E-state index in [9.17, 15) is 4.79 Å². The monoisotopic (exact) mass is 238 g/mol. The Balaban J connectivity index is 1.97. The van der Waals surface area contributed by atoms with Crippen LogP contribution in [0.15, 0.2) is 16.0 Å². The Morgan fingerprint density at radius 1 is 1.50 bits per heavy atom. The molecule has 0 aromatic carbocycles. The Hall–Kier alpha value is -0.770. The van der Waals surface area contributed by atoms with Crippen molar-refractivity contribution in [3.63, 3.8) is 0 Å². The SMILES string of the molecule is CSc1nc(CCC2CCCC2)cc(=O)[nH]1. The van der Waals surface area contributed by atoms with Gasteiger partial charge in [-0.25, -0.2) is 4.98 Å². The quantitative estimate of drug-likeness (QED) is 0.648. The van der Waals surface area contributed by atoms with Crippen LogP contribution in [-0.4, -0.2) is 16.2 Å². The van der Waals surface area contributed by atoms with Crippen molar-refractivity contribution >= 4 is 11.8 Å². The van der Waals surface area contributed by atoms with Crippen LogP contribution in [0.25, 0.3) is 0 Å². The maximum absolute atomic E-state index is 11.4. The van der Waals surface area contributed by atoms with E-state index in [-0.39, 0.29) is 5.56 Å². The van der Waals surface area contributed by atoms with E-state index in [2.05, 4.69) is 9.97 Å². The maximum Gasteiger partial charge on any atom is 0.251 e. The molecule has 2 rings (SSSR count). The largest absolute Gasteiger partial charge is 0.301 e. The summed E-state index contributed by atoms with van der Waals surface area (Å²) in [6, 6.07) is 1.63. The fourth-order valence-electron chi connectivity index (χ4n) is 2.36. The van der Waals surface area contributed by atoms with E-state index in [0.717, 1.165) is 23.2 Å². The average Bonchev–Trinajstić information content (AvgIpc) is 2.78. The molecule has 0 spiro atoms. The molecule has 16 heavy (non-hydrogen) atoms. The highest BCUT2D eigenvalue weighted by molar-refractivity contribution is 7.98. The van der Waals surface area contributed by atoms with E-state index in [0.29, 0.717) is 0 Å². The number of aromatic nitrogens is 2. The summed E-state index contributed by atoms with van der Waals surface area (Å²) < 4.78 is 0. The van der Waals surface area contributed by atoms with Crippen molar-refractivity contribution in [3.05, 3.63) is 22.1 Å². The first-order chi connectivity index (χ1) is 7.78. The molecule has 88 valence electrons. The molecule has 1 fully saturated rings. The van der Waals surface area contributed by atoms with Gasteiger partial charge in [0, 0.05) is 11.8 Å². The summed E-state index contributed by atoms with van der Waals surface area (Å²) >= 11 is 1.49. The molecule has 0 atom stereocenters. The van der Waals surface area contributed by atoms with Crippen molar-refractivity contribution in [1.82, 2.24) is 9.97 Å². The maximum atomic E-state index is 11.4. The van der Waals surface area contributed by atoms with E-state index < -0.39 is 0 Å². The second-order valence-corrected chi connectivity index (χ2v) is 5.23. The minimum atomic E-state index is -0.0271. The molecule has 1 N–H and O–H groups in total. The lowest BCUT2D eigenvalue weighted by molar-refractivity contribution is 0.499. The Morgan fingerprint density at radius 2 is 2.25 bits per heavy atom. The lowest BCUT2D eigenvalue weighted by atomic mass is 10.0. The van der Waals surface area contributed by atoms with Gasteiger partial charge in [-0.15, -0.1) is 0 Å².